The molecular weight excluding hydrogens is 524 g/mol. The molecule has 34 heavy (non-hydrogen) atoms. The van der Waals surface area contributed by atoms with Crippen LogP contribution in [0.2, 0.25) is 5.02 Å². The van der Waals surface area contributed by atoms with Crippen molar-refractivity contribution >= 4 is 51.0 Å². The van der Waals surface area contributed by atoms with Crippen LogP contribution in [0.3, 0.4) is 0 Å². The summed E-state index contributed by atoms with van der Waals surface area (Å²) in [5, 5.41) is 22.5. The fourth-order valence-electron chi connectivity index (χ4n) is 3.34. The summed E-state index contributed by atoms with van der Waals surface area (Å²) in [6, 6.07) is 4.35. The van der Waals surface area contributed by atoms with Crippen LogP contribution in [0.4, 0.5) is 5.69 Å². The third-order valence-corrected chi connectivity index (χ3v) is 6.07. The van der Waals surface area contributed by atoms with E-state index >= 15 is 0 Å². The molecule has 1 atom stereocenters. The number of hydrogen-bond acceptors (Lipinski definition) is 7. The molecule has 1 aromatic carbocycles. The van der Waals surface area contributed by atoms with E-state index in [-0.39, 0.29) is 17.7 Å². The molecule has 1 aromatic heterocycles. The van der Waals surface area contributed by atoms with Gasteiger partial charge in [-0.3, -0.25) is 19.6 Å². The number of guanidine groups is 1. The molecule has 0 saturated carbocycles. The lowest BCUT2D eigenvalue weighted by Gasteiger charge is -2.29. The molecule has 182 valence electrons. The molecule has 1 aliphatic rings. The molecule has 11 heteroatoms. The van der Waals surface area contributed by atoms with Crippen LogP contribution in [-0.4, -0.2) is 47.5 Å². The van der Waals surface area contributed by atoms with E-state index in [1.165, 1.54) is 6.20 Å². The molecule has 2 heterocycles. The van der Waals surface area contributed by atoms with E-state index in [9.17, 15) is 14.7 Å². The summed E-state index contributed by atoms with van der Waals surface area (Å²) in [4.78, 5) is 33.6. The fraction of sp³-hybridized carbons (Fsp3) is 0.391. The van der Waals surface area contributed by atoms with Gasteiger partial charge in [0.2, 0.25) is 5.91 Å². The number of halogens is 2. The molecule has 3 rings (SSSR count). The van der Waals surface area contributed by atoms with Gasteiger partial charge in [-0.1, -0.05) is 32.4 Å². The van der Waals surface area contributed by atoms with Gasteiger partial charge in [0.05, 0.1) is 34.5 Å². The second-order valence-electron chi connectivity index (χ2n) is 8.81. The maximum absolute atomic E-state index is 12.6. The number of anilines is 1. The topological polar surface area (TPSA) is 128 Å². The van der Waals surface area contributed by atoms with Gasteiger partial charge in [-0.2, -0.15) is 0 Å². The van der Waals surface area contributed by atoms with Gasteiger partial charge in [0, 0.05) is 35.3 Å². The van der Waals surface area contributed by atoms with E-state index in [1.54, 1.807) is 24.4 Å². The van der Waals surface area contributed by atoms with Gasteiger partial charge in [0.15, 0.2) is 5.96 Å². The van der Waals surface area contributed by atoms with E-state index in [4.69, 9.17) is 11.6 Å². The number of nitrogens with zero attached hydrogens (tertiary/aromatic N) is 2. The number of aromatic hydroxyl groups is 1. The van der Waals surface area contributed by atoms with Crippen molar-refractivity contribution < 1.29 is 14.7 Å². The summed E-state index contributed by atoms with van der Waals surface area (Å²) in [6.45, 7) is 7.36. The Balaban J connectivity index is 1.57. The lowest BCUT2D eigenvalue weighted by Crippen LogP contribution is -2.44. The molecule has 0 aliphatic carbocycles. The second kappa shape index (κ2) is 11.1. The number of phenolic OH excluding ortho intramolecular Hbond substituents is 1. The Hall–Kier alpha value is -2.85. The average Bonchev–Trinajstić information content (AvgIpc) is 2.80. The van der Waals surface area contributed by atoms with Crippen LogP contribution in [0, 0.1) is 5.41 Å². The summed E-state index contributed by atoms with van der Waals surface area (Å²) in [5.74, 6) is -0.204. The molecule has 1 aliphatic heterocycles. The molecule has 5 N–H and O–H groups in total. The van der Waals surface area contributed by atoms with Gasteiger partial charge < -0.3 is 26.4 Å². The van der Waals surface area contributed by atoms with Crippen LogP contribution in [0.15, 0.2) is 40.1 Å². The van der Waals surface area contributed by atoms with E-state index in [0.717, 1.165) is 6.54 Å². The number of phenols is 1. The van der Waals surface area contributed by atoms with E-state index in [1.807, 2.05) is 6.92 Å². The minimum atomic E-state index is -0.470. The molecule has 0 spiro atoms. The summed E-state index contributed by atoms with van der Waals surface area (Å²) < 4.78 is 0.440. The zero-order chi connectivity index (χ0) is 24.9. The highest BCUT2D eigenvalue weighted by Crippen LogP contribution is 2.36. The quantitative estimate of drug-likeness (QED) is 0.358. The maximum Gasteiger partial charge on any atom is 0.253 e. The van der Waals surface area contributed by atoms with Gasteiger partial charge in [0.1, 0.15) is 5.75 Å². The predicted molar refractivity (Wildman–Crippen MR) is 136 cm³/mol. The SMILES string of the molecule is CC[C@H](NC(=O)CNC(=O)c1cncc(NC2=NCC(C)(C)CN2)c1)c1cc(Cl)cc(Br)c1O. The number of rotatable bonds is 7. The third-order valence-electron chi connectivity index (χ3n) is 5.25. The minimum Gasteiger partial charge on any atom is -0.506 e. The fourth-order valence-corrected chi connectivity index (χ4v) is 4.17. The standard InChI is InChI=1S/C23H28BrClN6O3/c1-4-18(16-6-14(25)7-17(24)20(16)33)31-19(32)10-27-21(34)13-5-15(9-26-8-13)30-22-28-11-23(2,3)12-29-22/h5-9,18,33H,4,10-12H2,1-3H3,(H,27,34)(H,31,32)(H2,28,29,30)/t18-/m0/s1. The van der Waals surface area contributed by atoms with Crippen molar-refractivity contribution in [2.24, 2.45) is 10.4 Å². The Morgan fingerprint density at radius 3 is 2.74 bits per heavy atom. The van der Waals surface area contributed by atoms with Gasteiger partial charge in [0.25, 0.3) is 5.91 Å². The number of carbonyl (C=O) groups is 2. The predicted octanol–water partition coefficient (Wildman–Crippen LogP) is 3.60. The number of hydrogen-bond donors (Lipinski definition) is 5. The van der Waals surface area contributed by atoms with Crippen LogP contribution in [0.5, 0.6) is 5.75 Å². The summed E-state index contributed by atoms with van der Waals surface area (Å²) >= 11 is 9.34. The largest absolute Gasteiger partial charge is 0.506 e. The number of benzene rings is 1. The van der Waals surface area contributed by atoms with Crippen molar-refractivity contribution in [3.05, 3.63) is 51.2 Å². The zero-order valence-corrected chi connectivity index (χ0v) is 21.5. The first-order valence-electron chi connectivity index (χ1n) is 10.8. The highest BCUT2D eigenvalue weighted by molar-refractivity contribution is 9.10. The van der Waals surface area contributed by atoms with Crippen molar-refractivity contribution in [3.63, 3.8) is 0 Å². The lowest BCUT2D eigenvalue weighted by molar-refractivity contribution is -0.120. The van der Waals surface area contributed by atoms with Gasteiger partial charge in [-0.25, -0.2) is 0 Å². The van der Waals surface area contributed by atoms with Crippen LogP contribution in [-0.2, 0) is 4.79 Å². The van der Waals surface area contributed by atoms with Crippen molar-refractivity contribution in [2.75, 3.05) is 25.0 Å². The van der Waals surface area contributed by atoms with Crippen LogP contribution in [0.1, 0.15) is 49.2 Å². The Bertz CT molecular complexity index is 1110. The van der Waals surface area contributed by atoms with Crippen LogP contribution >= 0.6 is 27.5 Å². The van der Waals surface area contributed by atoms with Crippen LogP contribution in [0.25, 0.3) is 0 Å². The molecule has 0 bridgehead atoms. The van der Waals surface area contributed by atoms with Crippen LogP contribution < -0.4 is 21.3 Å². The third kappa shape index (κ3) is 6.83. The zero-order valence-electron chi connectivity index (χ0n) is 19.2. The Labute approximate surface area is 211 Å². The Morgan fingerprint density at radius 1 is 1.29 bits per heavy atom. The van der Waals surface area contributed by atoms with Crippen molar-refractivity contribution in [1.82, 2.24) is 20.9 Å². The summed E-state index contributed by atoms with van der Waals surface area (Å²) in [5.41, 5.74) is 1.49. The van der Waals surface area contributed by atoms with E-state index in [0.29, 0.717) is 45.2 Å². The summed E-state index contributed by atoms with van der Waals surface area (Å²) in [7, 11) is 0. The van der Waals surface area contributed by atoms with Crippen molar-refractivity contribution in [2.45, 2.75) is 33.2 Å². The highest BCUT2D eigenvalue weighted by Gasteiger charge is 2.23. The van der Waals surface area contributed by atoms with Crippen molar-refractivity contribution in [1.29, 1.82) is 0 Å². The molecule has 9 nitrogen and oxygen atoms in total. The van der Waals surface area contributed by atoms with E-state index in [2.05, 4.69) is 61.0 Å². The first-order chi connectivity index (χ1) is 16.1. The molecule has 0 fully saturated rings. The second-order valence-corrected chi connectivity index (χ2v) is 10.1. The van der Waals surface area contributed by atoms with E-state index < -0.39 is 17.9 Å². The molecule has 0 saturated heterocycles. The minimum absolute atomic E-state index is 0.0107. The highest BCUT2D eigenvalue weighted by atomic mass is 79.9. The number of aromatic nitrogens is 1. The average molecular weight is 552 g/mol. The molecule has 0 radical (unpaired) electrons. The number of nitrogens with one attached hydrogen (secondary N) is 4. The van der Waals surface area contributed by atoms with Gasteiger partial charge >= 0.3 is 0 Å². The molecule has 2 amide bonds. The van der Waals surface area contributed by atoms with Crippen molar-refractivity contribution in [3.8, 4) is 5.75 Å². The number of pyridine rings is 1. The Kier molecular flexibility index (Phi) is 8.37. The Morgan fingerprint density at radius 2 is 2.06 bits per heavy atom. The smallest absolute Gasteiger partial charge is 0.253 e. The monoisotopic (exact) mass is 550 g/mol. The molecule has 2 aromatic rings. The molecule has 0 unspecified atom stereocenters. The number of carbonyl (C=O) groups excluding carboxylic acids is 2. The normalized spacial score (nSPS) is 15.5. The number of amides is 2. The molecular formula is C23H28BrClN6O3. The first-order valence-corrected chi connectivity index (χ1v) is 12.0. The maximum atomic E-state index is 12.6. The summed E-state index contributed by atoms with van der Waals surface area (Å²) in [6.07, 6.45) is 3.54. The van der Waals surface area contributed by atoms with Gasteiger partial charge in [-0.05, 0) is 40.5 Å². The lowest BCUT2D eigenvalue weighted by atomic mass is 9.93. The van der Waals surface area contributed by atoms with Gasteiger partial charge in [-0.15, -0.1) is 0 Å². The first kappa shape index (κ1) is 25.8. The number of aliphatic imine (C=N–C) groups is 1.